The van der Waals surface area contributed by atoms with E-state index in [0.29, 0.717) is 5.92 Å². The third kappa shape index (κ3) is 2.25. The fraction of sp³-hybridized carbons (Fsp3) is 0.571. The van der Waals surface area contributed by atoms with E-state index < -0.39 is 11.5 Å². The molecule has 4 nitrogen and oxygen atoms in total. The third-order valence-corrected chi connectivity index (χ3v) is 4.07. The lowest BCUT2D eigenvalue weighted by molar-refractivity contribution is -0.152. The third-order valence-electron chi connectivity index (χ3n) is 4.07. The van der Waals surface area contributed by atoms with E-state index in [9.17, 15) is 9.90 Å². The molecule has 0 saturated carbocycles. The predicted molar refractivity (Wildman–Crippen MR) is 69.2 cm³/mol. The minimum atomic E-state index is -0.941. The molecule has 98 valence electrons. The number of hydrogen-bond donors (Lipinski definition) is 1. The lowest BCUT2D eigenvalue weighted by atomic mass is 9.87. The van der Waals surface area contributed by atoms with Gasteiger partial charge in [0.25, 0.3) is 0 Å². The first-order chi connectivity index (χ1) is 8.55. The van der Waals surface area contributed by atoms with Gasteiger partial charge in [-0.25, -0.2) is 4.79 Å². The highest BCUT2D eigenvalue weighted by Crippen LogP contribution is 2.32. The number of carbonyl (C=O) groups is 1. The van der Waals surface area contributed by atoms with Crippen molar-refractivity contribution in [1.29, 1.82) is 0 Å². The van der Waals surface area contributed by atoms with Gasteiger partial charge in [-0.3, -0.25) is 9.88 Å². The lowest BCUT2D eigenvalue weighted by Crippen LogP contribution is -2.52. The molecule has 0 aliphatic carbocycles. The molecule has 1 saturated heterocycles. The number of likely N-dealkylation sites (tertiary alicyclic amines) is 1. The van der Waals surface area contributed by atoms with Crippen LogP contribution in [-0.2, 0) is 10.3 Å². The second kappa shape index (κ2) is 5.06. The summed E-state index contributed by atoms with van der Waals surface area (Å²) in [5.74, 6) is -0.0972. The van der Waals surface area contributed by atoms with Crippen molar-refractivity contribution >= 4 is 5.97 Å². The lowest BCUT2D eigenvalue weighted by Gasteiger charge is -2.42. The van der Waals surface area contributed by atoms with E-state index in [2.05, 4.69) is 16.8 Å². The number of nitrogens with zero attached hydrogens (tertiary/aromatic N) is 2. The number of rotatable bonds is 3. The fourth-order valence-electron chi connectivity index (χ4n) is 2.57. The standard InChI is InChI=1S/C14H20N2O2/c1-11-5-9-16(10-6-11)14(2,13(17)18)12-3-7-15-8-4-12/h3-4,7-8,11H,5-6,9-10H2,1-2H3,(H,17,18). The van der Waals surface area contributed by atoms with Crippen LogP contribution >= 0.6 is 0 Å². The average molecular weight is 248 g/mol. The molecule has 0 radical (unpaired) electrons. The van der Waals surface area contributed by atoms with Crippen molar-refractivity contribution in [2.75, 3.05) is 13.1 Å². The van der Waals surface area contributed by atoms with E-state index in [4.69, 9.17) is 0 Å². The van der Waals surface area contributed by atoms with E-state index in [1.165, 1.54) is 0 Å². The Morgan fingerprint density at radius 3 is 2.44 bits per heavy atom. The zero-order valence-corrected chi connectivity index (χ0v) is 11.0. The highest BCUT2D eigenvalue weighted by Gasteiger charge is 2.42. The Bertz CT molecular complexity index is 413. The van der Waals surface area contributed by atoms with Crippen LogP contribution in [0.1, 0.15) is 32.3 Å². The molecule has 2 rings (SSSR count). The van der Waals surface area contributed by atoms with Gasteiger partial charge in [-0.1, -0.05) is 6.92 Å². The average Bonchev–Trinajstić information content (AvgIpc) is 2.39. The van der Waals surface area contributed by atoms with Crippen molar-refractivity contribution in [2.45, 2.75) is 32.2 Å². The number of hydrogen-bond acceptors (Lipinski definition) is 3. The first kappa shape index (κ1) is 13.0. The van der Waals surface area contributed by atoms with Crippen molar-refractivity contribution in [2.24, 2.45) is 5.92 Å². The Kier molecular flexibility index (Phi) is 3.66. The SMILES string of the molecule is CC1CCN(C(C)(C(=O)O)c2ccncc2)CC1. The van der Waals surface area contributed by atoms with Crippen LogP contribution in [0.15, 0.2) is 24.5 Å². The monoisotopic (exact) mass is 248 g/mol. The Labute approximate surface area is 108 Å². The number of aromatic nitrogens is 1. The Morgan fingerprint density at radius 1 is 1.39 bits per heavy atom. The van der Waals surface area contributed by atoms with E-state index in [0.717, 1.165) is 31.5 Å². The van der Waals surface area contributed by atoms with Gasteiger partial charge in [0.2, 0.25) is 0 Å². The van der Waals surface area contributed by atoms with E-state index >= 15 is 0 Å². The van der Waals surface area contributed by atoms with Crippen LogP contribution in [0, 0.1) is 5.92 Å². The van der Waals surface area contributed by atoms with E-state index in [1.54, 1.807) is 31.5 Å². The first-order valence-corrected chi connectivity index (χ1v) is 6.44. The topological polar surface area (TPSA) is 53.4 Å². The second-order valence-electron chi connectivity index (χ2n) is 5.28. The maximum absolute atomic E-state index is 11.7. The van der Waals surface area contributed by atoms with Crippen LogP contribution in [0.25, 0.3) is 0 Å². The van der Waals surface area contributed by atoms with Crippen LogP contribution in [-0.4, -0.2) is 34.0 Å². The van der Waals surface area contributed by atoms with Gasteiger partial charge in [0.15, 0.2) is 0 Å². The summed E-state index contributed by atoms with van der Waals surface area (Å²) in [5, 5.41) is 9.64. The smallest absolute Gasteiger partial charge is 0.328 e. The zero-order valence-electron chi connectivity index (χ0n) is 11.0. The van der Waals surface area contributed by atoms with Gasteiger partial charge in [0, 0.05) is 12.4 Å². The van der Waals surface area contributed by atoms with E-state index in [-0.39, 0.29) is 0 Å². The van der Waals surface area contributed by atoms with Gasteiger partial charge in [0.05, 0.1) is 0 Å². The van der Waals surface area contributed by atoms with Gasteiger partial charge in [-0.05, 0) is 56.5 Å². The van der Waals surface area contributed by atoms with Crippen molar-refractivity contribution in [3.8, 4) is 0 Å². The normalized spacial score (nSPS) is 21.4. The van der Waals surface area contributed by atoms with Gasteiger partial charge in [0.1, 0.15) is 5.54 Å². The number of carboxylic acid groups (broad SMARTS) is 1. The van der Waals surface area contributed by atoms with Crippen LogP contribution in [0.3, 0.4) is 0 Å². The molecule has 1 N–H and O–H groups in total. The van der Waals surface area contributed by atoms with Gasteiger partial charge >= 0.3 is 5.97 Å². The number of carboxylic acids is 1. The quantitative estimate of drug-likeness (QED) is 0.890. The predicted octanol–water partition coefficient (Wildman–Crippen LogP) is 2.11. The summed E-state index contributed by atoms with van der Waals surface area (Å²) < 4.78 is 0. The van der Waals surface area contributed by atoms with Gasteiger partial charge in [-0.2, -0.15) is 0 Å². The molecule has 18 heavy (non-hydrogen) atoms. The maximum Gasteiger partial charge on any atom is 0.328 e. The molecular weight excluding hydrogens is 228 g/mol. The van der Waals surface area contributed by atoms with Crippen molar-refractivity contribution < 1.29 is 9.90 Å². The summed E-state index contributed by atoms with van der Waals surface area (Å²) in [6, 6.07) is 3.60. The Morgan fingerprint density at radius 2 is 1.94 bits per heavy atom. The molecule has 0 spiro atoms. The molecule has 0 aromatic carbocycles. The molecule has 1 unspecified atom stereocenters. The highest BCUT2D eigenvalue weighted by molar-refractivity contribution is 5.80. The Hall–Kier alpha value is -1.42. The van der Waals surface area contributed by atoms with Gasteiger partial charge in [-0.15, -0.1) is 0 Å². The number of piperidine rings is 1. The Balaban J connectivity index is 2.30. The summed E-state index contributed by atoms with van der Waals surface area (Å²) >= 11 is 0. The van der Waals surface area contributed by atoms with Crippen LogP contribution in [0.5, 0.6) is 0 Å². The molecule has 1 aromatic heterocycles. The van der Waals surface area contributed by atoms with Crippen LogP contribution in [0.4, 0.5) is 0 Å². The minimum Gasteiger partial charge on any atom is -0.480 e. The van der Waals surface area contributed by atoms with Crippen molar-refractivity contribution in [1.82, 2.24) is 9.88 Å². The largest absolute Gasteiger partial charge is 0.480 e. The number of pyridine rings is 1. The molecule has 1 atom stereocenters. The molecule has 1 fully saturated rings. The summed E-state index contributed by atoms with van der Waals surface area (Å²) in [6.07, 6.45) is 5.44. The van der Waals surface area contributed by atoms with Crippen LogP contribution < -0.4 is 0 Å². The molecule has 1 aliphatic heterocycles. The maximum atomic E-state index is 11.7. The molecule has 0 bridgehead atoms. The molecule has 1 aliphatic rings. The van der Waals surface area contributed by atoms with Crippen LogP contribution in [0.2, 0.25) is 0 Å². The van der Waals surface area contributed by atoms with Crippen molar-refractivity contribution in [3.63, 3.8) is 0 Å². The van der Waals surface area contributed by atoms with E-state index in [1.807, 2.05) is 0 Å². The number of aliphatic carboxylic acids is 1. The molecule has 1 aromatic rings. The molecule has 2 heterocycles. The summed E-state index contributed by atoms with van der Waals surface area (Å²) in [7, 11) is 0. The summed E-state index contributed by atoms with van der Waals surface area (Å²) in [5.41, 5.74) is -0.136. The molecule has 0 amide bonds. The minimum absolute atomic E-state index is 0.691. The fourth-order valence-corrected chi connectivity index (χ4v) is 2.57. The second-order valence-corrected chi connectivity index (χ2v) is 5.28. The highest BCUT2D eigenvalue weighted by atomic mass is 16.4. The van der Waals surface area contributed by atoms with Crippen molar-refractivity contribution in [3.05, 3.63) is 30.1 Å². The zero-order chi connectivity index (χ0) is 13.2. The summed E-state index contributed by atoms with van der Waals surface area (Å²) in [4.78, 5) is 17.8. The first-order valence-electron chi connectivity index (χ1n) is 6.44. The molecular formula is C14H20N2O2. The van der Waals surface area contributed by atoms with Gasteiger partial charge < -0.3 is 5.11 Å². The summed E-state index contributed by atoms with van der Waals surface area (Å²) in [6.45, 7) is 5.70. The molecule has 4 heteroatoms.